The Morgan fingerprint density at radius 1 is 1.17 bits per heavy atom. The second-order valence-electron chi connectivity index (χ2n) is 7.54. The van der Waals surface area contributed by atoms with Gasteiger partial charge < -0.3 is 10.2 Å². The summed E-state index contributed by atoms with van der Waals surface area (Å²) < 4.78 is 2.82. The second-order valence-corrected chi connectivity index (χ2v) is 8.46. The maximum Gasteiger partial charge on any atom is 0.274 e. The number of amides is 2. The first kappa shape index (κ1) is 20.3. The smallest absolute Gasteiger partial charge is 0.274 e. The lowest BCUT2D eigenvalue weighted by atomic mass is 10.2. The van der Waals surface area contributed by atoms with Crippen LogP contribution in [0.5, 0.6) is 0 Å². The zero-order valence-corrected chi connectivity index (χ0v) is 18.6. The number of nitrogens with one attached hydrogen (secondary N) is 1. The Morgan fingerprint density at radius 3 is 2.67 bits per heavy atom. The Bertz CT molecular complexity index is 1110. The largest absolute Gasteiger partial charge is 0.331 e. The summed E-state index contributed by atoms with van der Waals surface area (Å²) in [5.74, 6) is -0.471. The molecule has 0 atom stereocenters. The summed E-state index contributed by atoms with van der Waals surface area (Å²) in [6, 6.07) is 15.5. The highest BCUT2D eigenvalue weighted by Crippen LogP contribution is 2.28. The van der Waals surface area contributed by atoms with Crippen LogP contribution in [0.2, 0.25) is 0 Å². The van der Waals surface area contributed by atoms with Gasteiger partial charge in [-0.25, -0.2) is 4.68 Å². The Morgan fingerprint density at radius 2 is 1.93 bits per heavy atom. The van der Waals surface area contributed by atoms with Gasteiger partial charge in [-0.3, -0.25) is 9.59 Å². The predicted molar refractivity (Wildman–Crippen MR) is 120 cm³/mol. The molecule has 1 aliphatic rings. The van der Waals surface area contributed by atoms with Gasteiger partial charge >= 0.3 is 0 Å². The second kappa shape index (κ2) is 8.44. The fourth-order valence-corrected chi connectivity index (χ4v) is 4.29. The number of anilines is 1. The van der Waals surface area contributed by atoms with Crippen molar-refractivity contribution in [2.45, 2.75) is 26.2 Å². The van der Waals surface area contributed by atoms with Crippen LogP contribution >= 0.6 is 15.9 Å². The summed E-state index contributed by atoms with van der Waals surface area (Å²) in [7, 11) is 1.64. The maximum absolute atomic E-state index is 13.1. The van der Waals surface area contributed by atoms with E-state index in [-0.39, 0.29) is 18.4 Å². The average Bonchev–Trinajstić information content (AvgIpc) is 3.33. The van der Waals surface area contributed by atoms with E-state index in [2.05, 4.69) is 26.3 Å². The molecule has 1 aliphatic carbocycles. The molecule has 0 fully saturated rings. The maximum atomic E-state index is 13.1. The van der Waals surface area contributed by atoms with E-state index in [0.717, 1.165) is 51.9 Å². The van der Waals surface area contributed by atoms with Gasteiger partial charge in [0.05, 0.1) is 12.2 Å². The Kier molecular flexibility index (Phi) is 5.72. The van der Waals surface area contributed by atoms with Crippen molar-refractivity contribution in [3.05, 3.63) is 75.5 Å². The summed E-state index contributed by atoms with van der Waals surface area (Å²) in [6.07, 6.45) is 2.74. The van der Waals surface area contributed by atoms with E-state index in [4.69, 9.17) is 0 Å². The van der Waals surface area contributed by atoms with Crippen molar-refractivity contribution in [1.29, 1.82) is 0 Å². The van der Waals surface area contributed by atoms with Crippen molar-refractivity contribution in [2.75, 3.05) is 18.9 Å². The van der Waals surface area contributed by atoms with Crippen LogP contribution in [0.15, 0.2) is 53.0 Å². The van der Waals surface area contributed by atoms with Gasteiger partial charge in [-0.2, -0.15) is 5.10 Å². The highest BCUT2D eigenvalue weighted by atomic mass is 79.9. The van der Waals surface area contributed by atoms with Crippen molar-refractivity contribution in [3.63, 3.8) is 0 Å². The van der Waals surface area contributed by atoms with E-state index in [1.165, 1.54) is 4.90 Å². The number of aryl methyl sites for hydroxylation is 1. The molecule has 7 heteroatoms. The monoisotopic (exact) mass is 466 g/mol. The number of hydrogen-bond donors (Lipinski definition) is 1. The van der Waals surface area contributed by atoms with Crippen LogP contribution in [0.1, 0.15) is 33.7 Å². The minimum absolute atomic E-state index is 0.0404. The fraction of sp³-hybridized carbons (Fsp3) is 0.261. The molecule has 0 saturated heterocycles. The molecule has 154 valence electrons. The minimum atomic E-state index is -0.240. The number of para-hydroxylation sites is 1. The first-order valence-corrected chi connectivity index (χ1v) is 10.7. The molecular weight excluding hydrogens is 444 g/mol. The summed E-state index contributed by atoms with van der Waals surface area (Å²) >= 11 is 3.42. The van der Waals surface area contributed by atoms with E-state index in [0.29, 0.717) is 5.69 Å². The van der Waals surface area contributed by atoms with Gasteiger partial charge in [-0.05, 0) is 62.1 Å². The number of hydrogen-bond acceptors (Lipinski definition) is 3. The quantitative estimate of drug-likeness (QED) is 0.614. The van der Waals surface area contributed by atoms with Gasteiger partial charge in [0, 0.05) is 28.5 Å². The highest BCUT2D eigenvalue weighted by molar-refractivity contribution is 9.10. The number of rotatable bonds is 5. The van der Waals surface area contributed by atoms with Crippen LogP contribution in [-0.4, -0.2) is 40.1 Å². The van der Waals surface area contributed by atoms with Crippen LogP contribution < -0.4 is 5.32 Å². The molecule has 4 rings (SSSR count). The van der Waals surface area contributed by atoms with Gasteiger partial charge in [0.2, 0.25) is 5.91 Å². The number of fused-ring (bicyclic) bond motifs is 1. The number of benzene rings is 2. The van der Waals surface area contributed by atoms with Crippen molar-refractivity contribution in [3.8, 4) is 5.69 Å². The fourth-order valence-electron chi connectivity index (χ4n) is 3.82. The molecule has 3 aromatic rings. The number of likely N-dealkylation sites (N-methyl/N-ethyl adjacent to an activating group) is 1. The third-order valence-electron chi connectivity index (χ3n) is 5.32. The summed E-state index contributed by atoms with van der Waals surface area (Å²) in [6.45, 7) is 1.88. The van der Waals surface area contributed by atoms with E-state index in [1.54, 1.807) is 7.05 Å². The summed E-state index contributed by atoms with van der Waals surface area (Å²) in [4.78, 5) is 27.1. The third kappa shape index (κ3) is 4.03. The summed E-state index contributed by atoms with van der Waals surface area (Å²) in [5.41, 5.74) is 5.17. The normalized spacial score (nSPS) is 12.5. The Balaban J connectivity index is 1.51. The van der Waals surface area contributed by atoms with Crippen molar-refractivity contribution >= 4 is 33.4 Å². The molecule has 1 aromatic heterocycles. The molecule has 2 amide bonds. The topological polar surface area (TPSA) is 67.2 Å². The molecule has 0 aliphatic heterocycles. The molecule has 6 nitrogen and oxygen atoms in total. The molecule has 1 N–H and O–H groups in total. The lowest BCUT2D eigenvalue weighted by Crippen LogP contribution is -2.35. The third-order valence-corrected chi connectivity index (χ3v) is 5.82. The molecule has 0 unspecified atom stereocenters. The number of aromatic nitrogens is 2. The van der Waals surface area contributed by atoms with Gasteiger partial charge in [0.15, 0.2) is 5.69 Å². The van der Waals surface area contributed by atoms with E-state index in [9.17, 15) is 9.59 Å². The molecular formula is C23H23BrN4O2. The van der Waals surface area contributed by atoms with Crippen LogP contribution in [0, 0.1) is 6.92 Å². The standard InChI is InChI=1S/C23H23BrN4O2/c1-15-13-16(24)11-12-19(15)25-21(29)14-27(2)23(30)22-18-9-6-10-20(18)28(26-22)17-7-4-3-5-8-17/h3-5,7-8,11-13H,6,9-10,14H2,1-2H3,(H,25,29). The first-order chi connectivity index (χ1) is 14.4. The van der Waals surface area contributed by atoms with Crippen LogP contribution in [0.3, 0.4) is 0 Å². The van der Waals surface area contributed by atoms with Gasteiger partial charge in [-0.15, -0.1) is 0 Å². The molecule has 0 spiro atoms. The van der Waals surface area contributed by atoms with Gasteiger partial charge in [0.1, 0.15) is 0 Å². The minimum Gasteiger partial charge on any atom is -0.331 e. The zero-order valence-electron chi connectivity index (χ0n) is 17.0. The van der Waals surface area contributed by atoms with Crippen molar-refractivity contribution in [1.82, 2.24) is 14.7 Å². The molecule has 0 saturated carbocycles. The van der Waals surface area contributed by atoms with E-state index >= 15 is 0 Å². The number of carbonyl (C=O) groups excluding carboxylic acids is 2. The average molecular weight is 467 g/mol. The van der Waals surface area contributed by atoms with Crippen LogP contribution in [0.4, 0.5) is 5.69 Å². The van der Waals surface area contributed by atoms with E-state index < -0.39 is 0 Å². The Hall–Kier alpha value is -2.93. The lowest BCUT2D eigenvalue weighted by molar-refractivity contribution is -0.116. The lowest BCUT2D eigenvalue weighted by Gasteiger charge is -2.17. The molecule has 30 heavy (non-hydrogen) atoms. The number of halogens is 1. The van der Waals surface area contributed by atoms with Crippen molar-refractivity contribution in [2.24, 2.45) is 0 Å². The predicted octanol–water partition coefficient (Wildman–Crippen LogP) is 4.14. The molecule has 2 aromatic carbocycles. The highest BCUT2D eigenvalue weighted by Gasteiger charge is 2.29. The first-order valence-electron chi connectivity index (χ1n) is 9.91. The SMILES string of the molecule is Cc1cc(Br)ccc1NC(=O)CN(C)C(=O)c1nn(-c2ccccc2)c2c1CCC2. The van der Waals surface area contributed by atoms with Crippen molar-refractivity contribution < 1.29 is 9.59 Å². The molecule has 0 bridgehead atoms. The van der Waals surface area contributed by atoms with Gasteiger partial charge in [-0.1, -0.05) is 34.1 Å². The van der Waals surface area contributed by atoms with Crippen LogP contribution in [0.25, 0.3) is 5.69 Å². The number of nitrogens with zero attached hydrogens (tertiary/aromatic N) is 3. The van der Waals surface area contributed by atoms with Gasteiger partial charge in [0.25, 0.3) is 5.91 Å². The molecule has 0 radical (unpaired) electrons. The van der Waals surface area contributed by atoms with E-state index in [1.807, 2.05) is 60.1 Å². The van der Waals surface area contributed by atoms with Crippen LogP contribution in [-0.2, 0) is 17.6 Å². The zero-order chi connectivity index (χ0) is 21.3. The Labute approximate surface area is 184 Å². The number of carbonyl (C=O) groups is 2. The molecule has 1 heterocycles. The summed E-state index contributed by atoms with van der Waals surface area (Å²) in [5, 5.41) is 7.51.